The number of carbonyl (C=O) groups is 2. The summed E-state index contributed by atoms with van der Waals surface area (Å²) in [4.78, 5) is 24.2. The Labute approximate surface area is 148 Å². The first kappa shape index (κ1) is 18.0. The molecule has 2 rings (SSSR count). The van der Waals surface area contributed by atoms with Gasteiger partial charge >= 0.3 is 5.97 Å². The largest absolute Gasteiger partial charge is 0.496 e. The van der Waals surface area contributed by atoms with Crippen LogP contribution in [0.4, 0.5) is 0 Å². The Morgan fingerprint density at radius 2 is 1.62 bits per heavy atom. The number of methoxy groups -OCH3 is 3. The van der Waals surface area contributed by atoms with Crippen LogP contribution in [-0.4, -0.2) is 33.1 Å². The lowest BCUT2D eigenvalue weighted by Crippen LogP contribution is -2.09. The van der Waals surface area contributed by atoms with Gasteiger partial charge in [-0.15, -0.1) is 0 Å². The average Bonchev–Trinajstić information content (AvgIpc) is 2.61. The molecular weight excluding hydrogens is 376 g/mol. The van der Waals surface area contributed by atoms with Gasteiger partial charge in [-0.2, -0.15) is 0 Å². The van der Waals surface area contributed by atoms with Crippen molar-refractivity contribution in [3.05, 3.63) is 57.6 Å². The molecule has 0 amide bonds. The number of rotatable bonds is 6. The second-order valence-electron chi connectivity index (χ2n) is 4.95. The lowest BCUT2D eigenvalue weighted by atomic mass is 10.0. The maximum absolute atomic E-state index is 12.7. The molecule has 5 nitrogen and oxygen atoms in total. The van der Waals surface area contributed by atoms with E-state index in [1.54, 1.807) is 36.4 Å². The normalized spacial score (nSPS) is 10.2. The number of esters is 1. The van der Waals surface area contributed by atoms with Crippen LogP contribution in [0.2, 0.25) is 0 Å². The zero-order valence-electron chi connectivity index (χ0n) is 13.6. The molecule has 0 radical (unpaired) electrons. The Morgan fingerprint density at radius 3 is 2.17 bits per heavy atom. The van der Waals surface area contributed by atoms with E-state index in [1.807, 2.05) is 0 Å². The number of ketones is 1. The van der Waals surface area contributed by atoms with Gasteiger partial charge in [0.1, 0.15) is 17.1 Å². The smallest absolute Gasteiger partial charge is 0.337 e. The minimum atomic E-state index is -0.414. The third-order valence-corrected chi connectivity index (χ3v) is 4.14. The highest BCUT2D eigenvalue weighted by atomic mass is 79.9. The van der Waals surface area contributed by atoms with Crippen LogP contribution in [0.5, 0.6) is 11.5 Å². The van der Waals surface area contributed by atoms with E-state index in [-0.39, 0.29) is 12.2 Å². The van der Waals surface area contributed by atoms with Crippen LogP contribution in [0, 0.1) is 0 Å². The molecule has 2 aromatic rings. The van der Waals surface area contributed by atoms with Crippen LogP contribution in [0.1, 0.15) is 26.3 Å². The standard InChI is InChI=1S/C18H17BrO5/c1-22-15-9-8-13(19)17(23-2)16(15)14(20)10-11-4-6-12(7-5-11)18(21)24-3/h4-9H,10H2,1-3H3. The molecule has 0 aromatic heterocycles. The predicted octanol–water partition coefficient (Wildman–Crippen LogP) is 3.68. The summed E-state index contributed by atoms with van der Waals surface area (Å²) in [6.45, 7) is 0. The Morgan fingerprint density at radius 1 is 0.958 bits per heavy atom. The van der Waals surface area contributed by atoms with Gasteiger partial charge in [0, 0.05) is 6.42 Å². The lowest BCUT2D eigenvalue weighted by Gasteiger charge is -2.14. The van der Waals surface area contributed by atoms with Crippen molar-refractivity contribution in [3.63, 3.8) is 0 Å². The van der Waals surface area contributed by atoms with Gasteiger partial charge in [-0.1, -0.05) is 12.1 Å². The molecule has 0 saturated heterocycles. The highest BCUT2D eigenvalue weighted by Gasteiger charge is 2.21. The lowest BCUT2D eigenvalue weighted by molar-refractivity contribution is 0.0600. The fraction of sp³-hybridized carbons (Fsp3) is 0.222. The van der Waals surface area contributed by atoms with Gasteiger partial charge in [0.2, 0.25) is 0 Å². The zero-order chi connectivity index (χ0) is 17.7. The van der Waals surface area contributed by atoms with Gasteiger partial charge in [-0.25, -0.2) is 4.79 Å². The topological polar surface area (TPSA) is 61.8 Å². The molecule has 0 atom stereocenters. The first-order chi connectivity index (χ1) is 11.5. The Bertz CT molecular complexity index is 753. The van der Waals surface area contributed by atoms with Crippen LogP contribution in [0.3, 0.4) is 0 Å². The molecule has 24 heavy (non-hydrogen) atoms. The van der Waals surface area contributed by atoms with Crippen LogP contribution >= 0.6 is 15.9 Å². The van der Waals surface area contributed by atoms with Gasteiger partial charge in [0.25, 0.3) is 0 Å². The molecule has 0 fully saturated rings. The van der Waals surface area contributed by atoms with Crippen LogP contribution in [0.25, 0.3) is 0 Å². The maximum Gasteiger partial charge on any atom is 0.337 e. The van der Waals surface area contributed by atoms with E-state index in [0.29, 0.717) is 27.1 Å². The summed E-state index contributed by atoms with van der Waals surface area (Å²) in [5.74, 6) is 0.329. The SMILES string of the molecule is COC(=O)c1ccc(CC(=O)c2c(OC)ccc(Br)c2OC)cc1. The molecule has 2 aromatic carbocycles. The summed E-state index contributed by atoms with van der Waals surface area (Å²) in [6.07, 6.45) is 0.157. The fourth-order valence-corrected chi connectivity index (χ4v) is 2.82. The van der Waals surface area contributed by atoms with Gasteiger partial charge < -0.3 is 14.2 Å². The second-order valence-corrected chi connectivity index (χ2v) is 5.80. The number of carbonyl (C=O) groups excluding carboxylic acids is 2. The molecule has 0 spiro atoms. The predicted molar refractivity (Wildman–Crippen MR) is 93.1 cm³/mol. The molecule has 0 heterocycles. The number of hydrogen-bond acceptors (Lipinski definition) is 5. The van der Waals surface area contributed by atoms with Crippen LogP contribution < -0.4 is 9.47 Å². The van der Waals surface area contributed by atoms with Crippen molar-refractivity contribution in [2.24, 2.45) is 0 Å². The summed E-state index contributed by atoms with van der Waals surface area (Å²) in [5, 5.41) is 0. The first-order valence-electron chi connectivity index (χ1n) is 7.12. The molecule has 0 N–H and O–H groups in total. The van der Waals surface area contributed by atoms with E-state index in [4.69, 9.17) is 9.47 Å². The summed E-state index contributed by atoms with van der Waals surface area (Å²) < 4.78 is 15.9. The minimum Gasteiger partial charge on any atom is -0.496 e. The third-order valence-electron chi connectivity index (χ3n) is 3.51. The fourth-order valence-electron chi connectivity index (χ4n) is 2.32. The maximum atomic E-state index is 12.7. The molecule has 126 valence electrons. The van der Waals surface area contributed by atoms with E-state index in [9.17, 15) is 9.59 Å². The quantitative estimate of drug-likeness (QED) is 0.554. The minimum absolute atomic E-state index is 0.143. The number of benzene rings is 2. The Kier molecular flexibility index (Phi) is 5.98. The van der Waals surface area contributed by atoms with E-state index in [2.05, 4.69) is 20.7 Å². The summed E-state index contributed by atoms with van der Waals surface area (Å²) in [6, 6.07) is 10.2. The van der Waals surface area contributed by atoms with Crippen LogP contribution in [-0.2, 0) is 11.2 Å². The van der Waals surface area contributed by atoms with Crippen molar-refractivity contribution >= 4 is 27.7 Å². The van der Waals surface area contributed by atoms with Crippen molar-refractivity contribution in [1.29, 1.82) is 0 Å². The van der Waals surface area contributed by atoms with E-state index in [1.165, 1.54) is 21.3 Å². The van der Waals surface area contributed by atoms with Gasteiger partial charge in [0.15, 0.2) is 5.78 Å². The summed E-state index contributed by atoms with van der Waals surface area (Å²) >= 11 is 3.37. The van der Waals surface area contributed by atoms with Gasteiger partial charge in [-0.3, -0.25) is 4.79 Å². The Balaban J connectivity index is 2.30. The third kappa shape index (κ3) is 3.76. The molecule has 0 unspecified atom stereocenters. The van der Waals surface area contributed by atoms with Crippen molar-refractivity contribution in [3.8, 4) is 11.5 Å². The number of ether oxygens (including phenoxy) is 3. The molecule has 0 saturated carbocycles. The number of hydrogen-bond donors (Lipinski definition) is 0. The molecule has 6 heteroatoms. The van der Waals surface area contributed by atoms with Crippen molar-refractivity contribution in [1.82, 2.24) is 0 Å². The second kappa shape index (κ2) is 7.97. The Hall–Kier alpha value is -2.34. The average molecular weight is 393 g/mol. The summed E-state index contributed by atoms with van der Waals surface area (Å²) in [7, 11) is 4.33. The van der Waals surface area contributed by atoms with Gasteiger partial charge in [-0.05, 0) is 45.8 Å². The number of halogens is 1. The highest BCUT2D eigenvalue weighted by Crippen LogP contribution is 2.36. The molecule has 0 aliphatic carbocycles. The van der Waals surface area contributed by atoms with Crippen molar-refractivity contribution in [2.75, 3.05) is 21.3 Å². The van der Waals surface area contributed by atoms with Crippen molar-refractivity contribution in [2.45, 2.75) is 6.42 Å². The van der Waals surface area contributed by atoms with E-state index >= 15 is 0 Å². The van der Waals surface area contributed by atoms with Crippen molar-refractivity contribution < 1.29 is 23.8 Å². The molecule has 0 aliphatic heterocycles. The van der Waals surface area contributed by atoms with Gasteiger partial charge in [0.05, 0.1) is 31.4 Å². The van der Waals surface area contributed by atoms with E-state index in [0.717, 1.165) is 5.56 Å². The zero-order valence-corrected chi connectivity index (χ0v) is 15.2. The first-order valence-corrected chi connectivity index (χ1v) is 7.92. The molecule has 0 aliphatic rings. The molecule has 0 bridgehead atoms. The molecular formula is C18H17BrO5. The summed E-state index contributed by atoms with van der Waals surface area (Å²) in [5.41, 5.74) is 1.59. The highest BCUT2D eigenvalue weighted by molar-refractivity contribution is 9.10. The monoisotopic (exact) mass is 392 g/mol. The van der Waals surface area contributed by atoms with Crippen LogP contribution in [0.15, 0.2) is 40.9 Å². The number of Topliss-reactive ketones (excluding diaryl/α,β-unsaturated/α-hetero) is 1. The van der Waals surface area contributed by atoms with E-state index < -0.39 is 5.97 Å².